The molecule has 3 rings (SSSR count). The van der Waals surface area contributed by atoms with Gasteiger partial charge in [-0.15, -0.1) is 0 Å². The van der Waals surface area contributed by atoms with E-state index in [0.29, 0.717) is 19.0 Å². The maximum atomic E-state index is 12.8. The lowest BCUT2D eigenvalue weighted by atomic mass is 9.95. The molecule has 3 heterocycles. The normalized spacial score (nSPS) is 21.0. The molecule has 1 saturated heterocycles. The quantitative estimate of drug-likeness (QED) is 0.884. The SMILES string of the molecule is CNCCC1CCN(S(=O)(=O)c2cn3c(n2)CCCC3)CC1. The zero-order chi connectivity index (χ0) is 15.6. The minimum absolute atomic E-state index is 0.248. The molecule has 1 N–H and O–H groups in total. The van der Waals surface area contributed by atoms with Crippen LogP contribution in [-0.4, -0.2) is 49.0 Å². The van der Waals surface area contributed by atoms with E-state index in [9.17, 15) is 8.42 Å². The maximum absolute atomic E-state index is 12.8. The molecule has 0 atom stereocenters. The van der Waals surface area contributed by atoms with Gasteiger partial charge in [0.15, 0.2) is 5.03 Å². The first-order chi connectivity index (χ1) is 10.6. The Morgan fingerprint density at radius 3 is 2.73 bits per heavy atom. The highest BCUT2D eigenvalue weighted by Crippen LogP contribution is 2.26. The van der Waals surface area contributed by atoms with E-state index >= 15 is 0 Å². The molecule has 124 valence electrons. The molecule has 0 bridgehead atoms. The van der Waals surface area contributed by atoms with E-state index in [0.717, 1.165) is 57.4 Å². The smallest absolute Gasteiger partial charge is 0.262 e. The summed E-state index contributed by atoms with van der Waals surface area (Å²) in [6.45, 7) is 3.15. The second kappa shape index (κ2) is 6.68. The third-order valence-corrected chi connectivity index (χ3v) is 6.64. The number of sulfonamides is 1. The van der Waals surface area contributed by atoms with E-state index in [4.69, 9.17) is 0 Å². The fourth-order valence-corrected chi connectivity index (χ4v) is 4.87. The summed E-state index contributed by atoms with van der Waals surface area (Å²) in [5, 5.41) is 3.41. The van der Waals surface area contributed by atoms with Crippen molar-refractivity contribution in [3.63, 3.8) is 0 Å². The lowest BCUT2D eigenvalue weighted by Crippen LogP contribution is -2.39. The van der Waals surface area contributed by atoms with Crippen LogP contribution < -0.4 is 5.32 Å². The zero-order valence-corrected chi connectivity index (χ0v) is 14.1. The fraction of sp³-hybridized carbons (Fsp3) is 0.800. The first-order valence-electron chi connectivity index (χ1n) is 8.32. The largest absolute Gasteiger partial charge is 0.333 e. The molecule has 0 saturated carbocycles. The summed E-state index contributed by atoms with van der Waals surface area (Å²) < 4.78 is 29.2. The lowest BCUT2D eigenvalue weighted by molar-refractivity contribution is 0.262. The molecule has 7 heteroatoms. The van der Waals surface area contributed by atoms with Gasteiger partial charge < -0.3 is 9.88 Å². The lowest BCUT2D eigenvalue weighted by Gasteiger charge is -2.30. The molecule has 6 nitrogen and oxygen atoms in total. The molecule has 0 aromatic carbocycles. The number of nitrogens with one attached hydrogen (secondary N) is 1. The van der Waals surface area contributed by atoms with Crippen LogP contribution in [0.5, 0.6) is 0 Å². The topological polar surface area (TPSA) is 67.2 Å². The second-order valence-corrected chi connectivity index (χ2v) is 8.27. The predicted octanol–water partition coefficient (Wildman–Crippen LogP) is 1.23. The average molecular weight is 326 g/mol. The zero-order valence-electron chi connectivity index (χ0n) is 13.3. The fourth-order valence-electron chi connectivity index (χ4n) is 3.43. The molecule has 0 spiro atoms. The van der Waals surface area contributed by atoms with Gasteiger partial charge in [-0.2, -0.15) is 4.31 Å². The van der Waals surface area contributed by atoms with E-state index in [1.165, 1.54) is 0 Å². The molecule has 1 fully saturated rings. The van der Waals surface area contributed by atoms with Crippen molar-refractivity contribution in [2.24, 2.45) is 5.92 Å². The Kier molecular flexibility index (Phi) is 4.84. The molecule has 0 aliphatic carbocycles. The number of aromatic nitrogens is 2. The van der Waals surface area contributed by atoms with Gasteiger partial charge in [0.1, 0.15) is 5.82 Å². The Morgan fingerprint density at radius 1 is 1.27 bits per heavy atom. The molecule has 0 unspecified atom stereocenters. The molecule has 0 radical (unpaired) electrons. The number of hydrogen-bond donors (Lipinski definition) is 1. The van der Waals surface area contributed by atoms with E-state index in [2.05, 4.69) is 10.3 Å². The van der Waals surface area contributed by atoms with Crippen molar-refractivity contribution in [2.45, 2.75) is 50.1 Å². The minimum atomic E-state index is -3.41. The minimum Gasteiger partial charge on any atom is -0.333 e. The van der Waals surface area contributed by atoms with Crippen LogP contribution in [0.15, 0.2) is 11.2 Å². The van der Waals surface area contributed by atoms with Gasteiger partial charge in [0.05, 0.1) is 0 Å². The molecule has 1 aromatic heterocycles. The van der Waals surface area contributed by atoms with E-state index in [1.54, 1.807) is 10.5 Å². The maximum Gasteiger partial charge on any atom is 0.262 e. The number of aryl methyl sites for hydroxylation is 2. The Hall–Kier alpha value is -0.920. The van der Waals surface area contributed by atoms with Gasteiger partial charge >= 0.3 is 0 Å². The van der Waals surface area contributed by atoms with Crippen LogP contribution in [0, 0.1) is 5.92 Å². The summed E-state index contributed by atoms with van der Waals surface area (Å²) in [5.41, 5.74) is 0. The number of nitrogens with zero attached hydrogens (tertiary/aromatic N) is 3. The molecule has 2 aliphatic heterocycles. The number of piperidine rings is 1. The highest BCUT2D eigenvalue weighted by Gasteiger charge is 2.31. The van der Waals surface area contributed by atoms with Crippen LogP contribution in [0.3, 0.4) is 0 Å². The van der Waals surface area contributed by atoms with Crippen molar-refractivity contribution in [2.75, 3.05) is 26.7 Å². The van der Waals surface area contributed by atoms with Crippen LogP contribution in [0.4, 0.5) is 0 Å². The first-order valence-corrected chi connectivity index (χ1v) is 9.76. The van der Waals surface area contributed by atoms with Gasteiger partial charge in [-0.1, -0.05) is 0 Å². The van der Waals surface area contributed by atoms with E-state index in [-0.39, 0.29) is 5.03 Å². The van der Waals surface area contributed by atoms with Crippen LogP contribution >= 0.6 is 0 Å². The summed E-state index contributed by atoms with van der Waals surface area (Å²) in [7, 11) is -1.46. The van der Waals surface area contributed by atoms with Gasteiger partial charge in [0.2, 0.25) is 0 Å². The molecule has 1 aromatic rings. The summed E-state index contributed by atoms with van der Waals surface area (Å²) in [6.07, 6.45) is 7.87. The van der Waals surface area contributed by atoms with Gasteiger partial charge in [-0.25, -0.2) is 13.4 Å². The predicted molar refractivity (Wildman–Crippen MR) is 85.2 cm³/mol. The van der Waals surface area contributed by atoms with Crippen molar-refractivity contribution >= 4 is 10.0 Å². The number of imidazole rings is 1. The van der Waals surface area contributed by atoms with Crippen LogP contribution in [0.2, 0.25) is 0 Å². The molecule has 0 amide bonds. The monoisotopic (exact) mass is 326 g/mol. The van der Waals surface area contributed by atoms with Crippen LogP contribution in [-0.2, 0) is 23.0 Å². The van der Waals surface area contributed by atoms with Crippen molar-refractivity contribution in [3.8, 4) is 0 Å². The summed E-state index contributed by atoms with van der Waals surface area (Å²) >= 11 is 0. The van der Waals surface area contributed by atoms with Gasteiger partial charge in [0.25, 0.3) is 10.0 Å². The third kappa shape index (κ3) is 3.21. The Balaban J connectivity index is 1.67. The molecular weight excluding hydrogens is 300 g/mol. The third-order valence-electron chi connectivity index (χ3n) is 4.87. The molecule has 22 heavy (non-hydrogen) atoms. The van der Waals surface area contributed by atoms with Crippen molar-refractivity contribution in [1.29, 1.82) is 0 Å². The van der Waals surface area contributed by atoms with Gasteiger partial charge in [0, 0.05) is 32.3 Å². The Labute approximate surface area is 133 Å². The standard InChI is InChI=1S/C15H26N4O2S/c1-16-8-5-13-6-10-19(11-7-13)22(20,21)15-12-18-9-3-2-4-14(18)17-15/h12-13,16H,2-11H2,1H3. The Bertz CT molecular complexity index is 580. The molecular formula is C15H26N4O2S. The number of rotatable bonds is 5. The van der Waals surface area contributed by atoms with Crippen molar-refractivity contribution in [3.05, 3.63) is 12.0 Å². The number of fused-ring (bicyclic) bond motifs is 1. The summed E-state index contributed by atoms with van der Waals surface area (Å²) in [6, 6.07) is 0. The highest BCUT2D eigenvalue weighted by molar-refractivity contribution is 7.89. The molecule has 2 aliphatic rings. The second-order valence-electron chi connectivity index (χ2n) is 6.39. The van der Waals surface area contributed by atoms with E-state index < -0.39 is 10.0 Å². The summed E-state index contributed by atoms with van der Waals surface area (Å²) in [5.74, 6) is 1.56. The highest BCUT2D eigenvalue weighted by atomic mass is 32.2. The van der Waals surface area contributed by atoms with Crippen molar-refractivity contribution < 1.29 is 8.42 Å². The number of hydrogen-bond acceptors (Lipinski definition) is 4. The van der Waals surface area contributed by atoms with Crippen LogP contribution in [0.25, 0.3) is 0 Å². The Morgan fingerprint density at radius 2 is 2.05 bits per heavy atom. The van der Waals surface area contributed by atoms with Gasteiger partial charge in [-0.3, -0.25) is 0 Å². The van der Waals surface area contributed by atoms with Crippen molar-refractivity contribution in [1.82, 2.24) is 19.2 Å². The van der Waals surface area contributed by atoms with E-state index in [1.807, 2.05) is 11.6 Å². The first kappa shape index (κ1) is 16.0. The van der Waals surface area contributed by atoms with Gasteiger partial charge in [-0.05, 0) is 51.6 Å². The summed E-state index contributed by atoms with van der Waals surface area (Å²) in [4.78, 5) is 4.39. The van der Waals surface area contributed by atoms with Crippen LogP contribution in [0.1, 0.15) is 37.9 Å². The average Bonchev–Trinajstić information content (AvgIpc) is 2.98.